The van der Waals surface area contributed by atoms with Gasteiger partial charge in [0.1, 0.15) is 17.4 Å². The Balaban J connectivity index is 2.22. The first-order chi connectivity index (χ1) is 10.9. The van der Waals surface area contributed by atoms with Crippen molar-refractivity contribution in [2.75, 3.05) is 0 Å². The van der Waals surface area contributed by atoms with Crippen LogP contribution in [0.25, 0.3) is 6.08 Å². The Bertz CT molecular complexity index is 680. The second-order valence-corrected chi connectivity index (χ2v) is 8.24. The van der Waals surface area contributed by atoms with Crippen LogP contribution in [0.5, 0.6) is 5.75 Å². The van der Waals surface area contributed by atoms with Gasteiger partial charge in [-0.2, -0.15) is 5.26 Å². The number of aromatic hydroxyl groups is 1. The molecule has 2 atom stereocenters. The summed E-state index contributed by atoms with van der Waals surface area (Å²) >= 11 is 4.17. The van der Waals surface area contributed by atoms with Crippen LogP contribution < -0.4 is 5.32 Å². The molecule has 1 aliphatic rings. The zero-order valence-electron chi connectivity index (χ0n) is 12.8. The molecule has 1 amide bonds. The van der Waals surface area contributed by atoms with Gasteiger partial charge in [-0.05, 0) is 82.2 Å². The molecule has 0 spiro atoms. The average Bonchev–Trinajstić information content (AvgIpc) is 2.51. The van der Waals surface area contributed by atoms with Crippen LogP contribution in [0.1, 0.15) is 38.2 Å². The Morgan fingerprint density at radius 3 is 2.74 bits per heavy atom. The van der Waals surface area contributed by atoms with E-state index in [1.807, 2.05) is 34.7 Å². The van der Waals surface area contributed by atoms with Crippen LogP contribution in [-0.2, 0) is 4.79 Å². The van der Waals surface area contributed by atoms with E-state index in [0.29, 0.717) is 15.1 Å². The number of carbonyl (C=O) groups is 1. The number of nitriles is 1. The maximum atomic E-state index is 12.4. The van der Waals surface area contributed by atoms with Gasteiger partial charge in [0.2, 0.25) is 0 Å². The van der Waals surface area contributed by atoms with E-state index in [1.165, 1.54) is 12.5 Å². The highest BCUT2D eigenvalue weighted by Crippen LogP contribution is 2.29. The van der Waals surface area contributed by atoms with Gasteiger partial charge in [0.05, 0.1) is 3.57 Å². The van der Waals surface area contributed by atoms with Crippen molar-refractivity contribution >= 4 is 57.2 Å². The molecule has 1 saturated carbocycles. The van der Waals surface area contributed by atoms with Crippen molar-refractivity contribution in [2.24, 2.45) is 5.92 Å². The third-order valence-corrected chi connectivity index (χ3v) is 5.60. The number of hydrogen-bond donors (Lipinski definition) is 2. The summed E-state index contributed by atoms with van der Waals surface area (Å²) in [6.45, 7) is 2.13. The first-order valence-corrected chi connectivity index (χ1v) is 9.68. The second-order valence-electron chi connectivity index (χ2n) is 5.84. The van der Waals surface area contributed by atoms with Crippen molar-refractivity contribution < 1.29 is 9.90 Å². The number of benzene rings is 1. The summed E-state index contributed by atoms with van der Waals surface area (Å²) in [5.41, 5.74) is 0.514. The molecule has 2 N–H and O–H groups in total. The van der Waals surface area contributed by atoms with Crippen molar-refractivity contribution in [3.05, 3.63) is 30.4 Å². The highest BCUT2D eigenvalue weighted by molar-refractivity contribution is 14.1. The van der Waals surface area contributed by atoms with Crippen LogP contribution >= 0.6 is 45.2 Å². The van der Waals surface area contributed by atoms with Gasteiger partial charge < -0.3 is 10.4 Å². The topological polar surface area (TPSA) is 73.1 Å². The summed E-state index contributed by atoms with van der Waals surface area (Å²) in [5.74, 6) is 0.164. The van der Waals surface area contributed by atoms with Crippen molar-refractivity contribution in [3.8, 4) is 11.8 Å². The third kappa shape index (κ3) is 4.83. The number of phenolic OH excluding ortho intramolecular Hbond substituents is 1. The number of carbonyl (C=O) groups excluding carboxylic acids is 1. The lowest BCUT2D eigenvalue weighted by Gasteiger charge is -2.29. The number of nitrogens with zero attached hydrogens (tertiary/aromatic N) is 1. The van der Waals surface area contributed by atoms with E-state index >= 15 is 0 Å². The molecule has 0 aromatic heterocycles. The Morgan fingerprint density at radius 1 is 1.39 bits per heavy atom. The average molecular weight is 536 g/mol. The van der Waals surface area contributed by atoms with Gasteiger partial charge in [-0.25, -0.2) is 0 Å². The van der Waals surface area contributed by atoms with E-state index in [1.54, 1.807) is 6.07 Å². The molecule has 122 valence electrons. The summed E-state index contributed by atoms with van der Waals surface area (Å²) in [6.07, 6.45) is 5.83. The van der Waals surface area contributed by atoms with E-state index < -0.39 is 0 Å². The summed E-state index contributed by atoms with van der Waals surface area (Å²) in [6, 6.07) is 5.67. The first-order valence-electron chi connectivity index (χ1n) is 7.53. The van der Waals surface area contributed by atoms with Crippen molar-refractivity contribution in [2.45, 2.75) is 38.6 Å². The highest BCUT2D eigenvalue weighted by Gasteiger charge is 2.24. The third-order valence-electron chi connectivity index (χ3n) is 4.15. The molecule has 0 saturated heterocycles. The van der Waals surface area contributed by atoms with E-state index in [4.69, 9.17) is 0 Å². The largest absolute Gasteiger partial charge is 0.506 e. The minimum absolute atomic E-state index is 0.0240. The maximum Gasteiger partial charge on any atom is 0.262 e. The number of amides is 1. The van der Waals surface area contributed by atoms with E-state index in [2.05, 4.69) is 34.8 Å². The van der Waals surface area contributed by atoms with Gasteiger partial charge >= 0.3 is 0 Å². The Morgan fingerprint density at radius 2 is 2.09 bits per heavy atom. The summed E-state index contributed by atoms with van der Waals surface area (Å²) in [4.78, 5) is 12.4. The quantitative estimate of drug-likeness (QED) is 0.346. The molecule has 4 nitrogen and oxygen atoms in total. The summed E-state index contributed by atoms with van der Waals surface area (Å²) < 4.78 is 1.63. The van der Waals surface area contributed by atoms with Crippen LogP contribution in [0.4, 0.5) is 0 Å². The number of halogens is 2. The molecule has 0 unspecified atom stereocenters. The molecule has 1 aliphatic carbocycles. The van der Waals surface area contributed by atoms with Gasteiger partial charge in [0, 0.05) is 15.2 Å². The highest BCUT2D eigenvalue weighted by atomic mass is 127. The summed E-state index contributed by atoms with van der Waals surface area (Å²) in [7, 11) is 0. The SMILES string of the molecule is C[C@@H]1CCCC[C@@H]1NC(=O)/C(C#N)=C/c1cc(I)cc(I)c1O. The number of phenols is 1. The molecule has 1 aromatic rings. The van der Waals surface area contributed by atoms with Crippen LogP contribution in [0.15, 0.2) is 17.7 Å². The van der Waals surface area contributed by atoms with Gasteiger partial charge in [0.25, 0.3) is 5.91 Å². The van der Waals surface area contributed by atoms with Crippen molar-refractivity contribution in [1.29, 1.82) is 5.26 Å². The number of rotatable bonds is 3. The molecular formula is C17H18I2N2O2. The fourth-order valence-corrected chi connectivity index (χ4v) is 4.67. The minimum Gasteiger partial charge on any atom is -0.506 e. The lowest BCUT2D eigenvalue weighted by Crippen LogP contribution is -2.41. The van der Waals surface area contributed by atoms with Crippen LogP contribution in [0.3, 0.4) is 0 Å². The maximum absolute atomic E-state index is 12.4. The molecule has 0 heterocycles. The van der Waals surface area contributed by atoms with Gasteiger partial charge in [-0.1, -0.05) is 19.8 Å². The summed E-state index contributed by atoms with van der Waals surface area (Å²) in [5, 5.41) is 22.4. The Kier molecular flexibility index (Phi) is 6.71. The minimum atomic E-state index is -0.362. The number of nitrogens with one attached hydrogen (secondary N) is 1. The zero-order valence-corrected chi connectivity index (χ0v) is 17.1. The molecule has 2 rings (SSSR count). The molecule has 0 radical (unpaired) electrons. The molecule has 1 fully saturated rings. The lowest BCUT2D eigenvalue weighted by molar-refractivity contribution is -0.118. The first kappa shape index (κ1) is 18.5. The zero-order chi connectivity index (χ0) is 17.0. The van der Waals surface area contributed by atoms with E-state index in [9.17, 15) is 15.2 Å². The van der Waals surface area contributed by atoms with Gasteiger partial charge in [-0.15, -0.1) is 0 Å². The molecule has 23 heavy (non-hydrogen) atoms. The standard InChI is InChI=1S/C17H18I2N2O2/c1-10-4-2-3-5-15(10)21-17(23)12(9-20)6-11-7-13(18)8-14(19)16(11)22/h6-8,10,15,22H,2-5H2,1H3,(H,21,23)/b12-6+/t10-,15+/m1/s1. The van der Waals surface area contributed by atoms with E-state index in [0.717, 1.165) is 22.8 Å². The van der Waals surface area contributed by atoms with Crippen molar-refractivity contribution in [3.63, 3.8) is 0 Å². The predicted octanol–water partition coefficient (Wildman–Crippen LogP) is 4.20. The lowest BCUT2D eigenvalue weighted by atomic mass is 9.86. The van der Waals surface area contributed by atoms with Gasteiger partial charge in [0.15, 0.2) is 0 Å². The Hall–Kier alpha value is -0.820. The fraction of sp³-hybridized carbons (Fsp3) is 0.412. The Labute approximate surface area is 163 Å². The molecule has 0 bridgehead atoms. The number of hydrogen-bond acceptors (Lipinski definition) is 3. The second kappa shape index (κ2) is 8.33. The molecular weight excluding hydrogens is 518 g/mol. The van der Waals surface area contributed by atoms with Crippen LogP contribution in [0, 0.1) is 24.4 Å². The molecule has 6 heteroatoms. The fourth-order valence-electron chi connectivity index (χ4n) is 2.78. The van der Waals surface area contributed by atoms with Crippen molar-refractivity contribution in [1.82, 2.24) is 5.32 Å². The van der Waals surface area contributed by atoms with Crippen LogP contribution in [0.2, 0.25) is 0 Å². The monoisotopic (exact) mass is 536 g/mol. The van der Waals surface area contributed by atoms with Gasteiger partial charge in [-0.3, -0.25) is 4.79 Å². The molecule has 1 aromatic carbocycles. The normalized spacial score (nSPS) is 21.6. The smallest absolute Gasteiger partial charge is 0.262 e. The predicted molar refractivity (Wildman–Crippen MR) is 107 cm³/mol. The van der Waals surface area contributed by atoms with Crippen LogP contribution in [-0.4, -0.2) is 17.1 Å². The molecule has 0 aliphatic heterocycles. The van der Waals surface area contributed by atoms with E-state index in [-0.39, 0.29) is 23.3 Å².